The number of benzene rings is 2. The molecule has 7 nitrogen and oxygen atoms in total. The van der Waals surface area contributed by atoms with Gasteiger partial charge in [-0.05, 0) is 24.3 Å². The predicted octanol–water partition coefficient (Wildman–Crippen LogP) is 2.78. The van der Waals surface area contributed by atoms with Gasteiger partial charge in [-0.15, -0.1) is 0 Å². The molecule has 0 aliphatic carbocycles. The van der Waals surface area contributed by atoms with E-state index in [2.05, 4.69) is 5.32 Å². The van der Waals surface area contributed by atoms with Gasteiger partial charge in [0.05, 0.1) is 32.9 Å². The zero-order chi connectivity index (χ0) is 20.8. The molecule has 2 aromatic rings. The fourth-order valence-electron chi connectivity index (χ4n) is 3.03. The largest absolute Gasteiger partial charge is 0.493 e. The number of hydrogen-bond acceptors (Lipinski definition) is 7. The van der Waals surface area contributed by atoms with Crippen molar-refractivity contribution >= 4 is 23.6 Å². The van der Waals surface area contributed by atoms with Crippen molar-refractivity contribution < 1.29 is 28.5 Å². The third-order valence-corrected chi connectivity index (χ3v) is 5.70. The normalized spacial score (nSPS) is 18.0. The van der Waals surface area contributed by atoms with Gasteiger partial charge < -0.3 is 24.3 Å². The number of ether oxygens (including phenoxy) is 4. The highest BCUT2D eigenvalue weighted by molar-refractivity contribution is 7.99. The van der Waals surface area contributed by atoms with Crippen molar-refractivity contribution in [2.75, 3.05) is 32.8 Å². The number of rotatable bonds is 7. The molecule has 0 spiro atoms. The maximum absolute atomic E-state index is 12.7. The average molecular weight is 417 g/mol. The van der Waals surface area contributed by atoms with E-state index in [4.69, 9.17) is 18.9 Å². The fourth-order valence-corrected chi connectivity index (χ4v) is 4.25. The Hall–Kier alpha value is -2.87. The Morgan fingerprint density at radius 2 is 1.59 bits per heavy atom. The lowest BCUT2D eigenvalue weighted by molar-refractivity contribution is 0.0292. The lowest BCUT2D eigenvalue weighted by atomic mass is 10.1. The highest BCUT2D eigenvalue weighted by atomic mass is 32.2. The lowest BCUT2D eigenvalue weighted by Gasteiger charge is -2.21. The molecule has 1 heterocycles. The van der Waals surface area contributed by atoms with Crippen molar-refractivity contribution in [1.82, 2.24) is 5.32 Å². The molecule has 0 aromatic heterocycles. The molecule has 1 N–H and O–H groups in total. The van der Waals surface area contributed by atoms with Crippen molar-refractivity contribution in [3.63, 3.8) is 0 Å². The van der Waals surface area contributed by atoms with Crippen LogP contribution in [-0.2, 0) is 4.74 Å². The summed E-state index contributed by atoms with van der Waals surface area (Å²) in [6.45, 7) is 0. The highest BCUT2D eigenvalue weighted by Gasteiger charge is 2.33. The molecule has 0 bridgehead atoms. The first kappa shape index (κ1) is 20.9. The first-order valence-corrected chi connectivity index (χ1v) is 10.2. The third kappa shape index (κ3) is 4.76. The monoisotopic (exact) mass is 417 g/mol. The fraction of sp³-hybridized carbons (Fsp3) is 0.333. The number of methoxy groups -OCH3 is 3. The predicted molar refractivity (Wildman–Crippen MR) is 110 cm³/mol. The van der Waals surface area contributed by atoms with Gasteiger partial charge in [-0.25, -0.2) is 4.79 Å². The van der Waals surface area contributed by atoms with Gasteiger partial charge in [-0.3, -0.25) is 4.79 Å². The van der Waals surface area contributed by atoms with Gasteiger partial charge in [0.25, 0.3) is 5.91 Å². The summed E-state index contributed by atoms with van der Waals surface area (Å²) in [7, 11) is 4.46. The number of carbonyl (C=O) groups is 2. The summed E-state index contributed by atoms with van der Waals surface area (Å²) in [6.07, 6.45) is -0.431. The summed E-state index contributed by atoms with van der Waals surface area (Å²) in [4.78, 5) is 25.2. The highest BCUT2D eigenvalue weighted by Crippen LogP contribution is 2.38. The van der Waals surface area contributed by atoms with E-state index in [1.165, 1.54) is 21.3 Å². The van der Waals surface area contributed by atoms with Gasteiger partial charge >= 0.3 is 5.97 Å². The quantitative estimate of drug-likeness (QED) is 0.694. The number of nitrogens with one attached hydrogen (secondary N) is 1. The SMILES string of the molecule is COc1cc(C(=O)O[C@H]2CSC[C@H]2NC(=O)c2ccccc2)cc(OC)c1OC. The third-order valence-electron chi connectivity index (χ3n) is 4.54. The van der Waals surface area contributed by atoms with Gasteiger partial charge in [0.2, 0.25) is 5.75 Å². The second kappa shape index (κ2) is 9.56. The minimum atomic E-state index is -0.518. The molecule has 1 aliphatic heterocycles. The molecule has 0 unspecified atom stereocenters. The van der Waals surface area contributed by atoms with Gasteiger partial charge in [-0.2, -0.15) is 11.8 Å². The van der Waals surface area contributed by atoms with Crippen LogP contribution in [0, 0.1) is 0 Å². The smallest absolute Gasteiger partial charge is 0.338 e. The van der Waals surface area contributed by atoms with Gasteiger partial charge in [0, 0.05) is 17.1 Å². The Kier molecular flexibility index (Phi) is 6.87. The van der Waals surface area contributed by atoms with E-state index in [-0.39, 0.29) is 17.5 Å². The standard InChI is InChI=1S/C21H23NO6S/c1-25-16-9-14(10-17(26-2)19(16)27-3)21(24)28-18-12-29-11-15(18)22-20(23)13-7-5-4-6-8-13/h4-10,15,18H,11-12H2,1-3H3,(H,22,23)/t15-,18+/m1/s1. The average Bonchev–Trinajstić information content (AvgIpc) is 3.19. The summed E-state index contributed by atoms with van der Waals surface area (Å²) in [5.74, 6) is 1.71. The van der Waals surface area contributed by atoms with Crippen LogP contribution in [-0.4, -0.2) is 56.9 Å². The van der Waals surface area contributed by atoms with E-state index < -0.39 is 12.1 Å². The Labute approximate surface area is 173 Å². The molecule has 0 saturated carbocycles. The maximum atomic E-state index is 12.7. The summed E-state index contributed by atoms with van der Waals surface area (Å²) >= 11 is 1.62. The molecule has 2 aromatic carbocycles. The van der Waals surface area contributed by atoms with Crippen LogP contribution >= 0.6 is 11.8 Å². The van der Waals surface area contributed by atoms with E-state index in [1.54, 1.807) is 48.2 Å². The zero-order valence-electron chi connectivity index (χ0n) is 16.5. The van der Waals surface area contributed by atoms with E-state index in [0.29, 0.717) is 34.3 Å². The Bertz CT molecular complexity index is 848. The maximum Gasteiger partial charge on any atom is 0.338 e. The number of esters is 1. The molecule has 8 heteroatoms. The Balaban J connectivity index is 1.72. The molecular formula is C21H23NO6S. The van der Waals surface area contributed by atoms with E-state index in [0.717, 1.165) is 0 Å². The molecule has 3 rings (SSSR count). The number of amides is 1. The first-order valence-electron chi connectivity index (χ1n) is 9.02. The molecule has 1 fully saturated rings. The van der Waals surface area contributed by atoms with Gasteiger partial charge in [0.15, 0.2) is 11.5 Å². The van der Waals surface area contributed by atoms with Gasteiger partial charge in [0.1, 0.15) is 6.10 Å². The molecule has 2 atom stereocenters. The van der Waals surface area contributed by atoms with E-state index in [1.807, 2.05) is 6.07 Å². The van der Waals surface area contributed by atoms with Crippen molar-refractivity contribution in [3.05, 3.63) is 53.6 Å². The van der Waals surface area contributed by atoms with Crippen molar-refractivity contribution in [2.45, 2.75) is 12.1 Å². The van der Waals surface area contributed by atoms with Crippen LogP contribution in [0.15, 0.2) is 42.5 Å². The Morgan fingerprint density at radius 3 is 2.17 bits per heavy atom. The van der Waals surface area contributed by atoms with Crippen molar-refractivity contribution in [2.24, 2.45) is 0 Å². The second-order valence-electron chi connectivity index (χ2n) is 6.34. The summed E-state index contributed by atoms with van der Waals surface area (Å²) < 4.78 is 21.5. The second-order valence-corrected chi connectivity index (χ2v) is 7.42. The van der Waals surface area contributed by atoms with E-state index in [9.17, 15) is 9.59 Å². The van der Waals surface area contributed by atoms with Crippen LogP contribution in [0.1, 0.15) is 20.7 Å². The van der Waals surface area contributed by atoms with E-state index >= 15 is 0 Å². The molecule has 154 valence electrons. The van der Waals surface area contributed by atoms with Crippen LogP contribution in [0.2, 0.25) is 0 Å². The Morgan fingerprint density at radius 1 is 0.931 bits per heavy atom. The van der Waals surface area contributed by atoms with Crippen molar-refractivity contribution in [3.8, 4) is 17.2 Å². The lowest BCUT2D eigenvalue weighted by Crippen LogP contribution is -2.44. The summed E-state index contributed by atoms with van der Waals surface area (Å²) in [5, 5.41) is 2.96. The number of thioether (sulfide) groups is 1. The molecule has 1 amide bonds. The van der Waals surface area contributed by atoms with Gasteiger partial charge in [-0.1, -0.05) is 18.2 Å². The summed E-state index contributed by atoms with van der Waals surface area (Å²) in [6, 6.07) is 11.8. The number of hydrogen-bond donors (Lipinski definition) is 1. The molecular weight excluding hydrogens is 394 g/mol. The summed E-state index contributed by atoms with van der Waals surface area (Å²) in [5.41, 5.74) is 0.851. The first-order chi connectivity index (χ1) is 14.1. The van der Waals surface area contributed by atoms with Crippen LogP contribution in [0.5, 0.6) is 17.2 Å². The molecule has 1 saturated heterocycles. The number of carbonyl (C=O) groups excluding carboxylic acids is 2. The van der Waals surface area contributed by atoms with Crippen LogP contribution in [0.4, 0.5) is 0 Å². The minimum Gasteiger partial charge on any atom is -0.493 e. The molecule has 29 heavy (non-hydrogen) atoms. The molecule has 1 aliphatic rings. The zero-order valence-corrected chi connectivity index (χ0v) is 17.3. The van der Waals surface area contributed by atoms with Crippen molar-refractivity contribution in [1.29, 1.82) is 0 Å². The molecule has 0 radical (unpaired) electrons. The van der Waals surface area contributed by atoms with Crippen LogP contribution in [0.25, 0.3) is 0 Å². The minimum absolute atomic E-state index is 0.188. The topological polar surface area (TPSA) is 83.1 Å². The van der Waals surface area contributed by atoms with Crippen LogP contribution < -0.4 is 19.5 Å². The van der Waals surface area contributed by atoms with Crippen LogP contribution in [0.3, 0.4) is 0 Å².